The number of nitrogens with zero attached hydrogens (tertiary/aromatic N) is 1. The molecule has 0 radical (unpaired) electrons. The van der Waals surface area contributed by atoms with Gasteiger partial charge in [-0.25, -0.2) is 17.6 Å². The first-order chi connectivity index (χ1) is 16.3. The Morgan fingerprint density at radius 1 is 1.09 bits per heavy atom. The minimum Gasteiger partial charge on any atom is -0.488 e. The van der Waals surface area contributed by atoms with Gasteiger partial charge in [0.25, 0.3) is 0 Å². The third kappa shape index (κ3) is 5.91. The van der Waals surface area contributed by atoms with E-state index in [1.54, 1.807) is 6.07 Å². The number of sulfonamides is 1. The maximum atomic E-state index is 14.2. The Morgan fingerprint density at radius 3 is 2.44 bits per heavy atom. The monoisotopic (exact) mass is 494 g/mol. The molecule has 1 heterocycles. The molecule has 9 nitrogen and oxygen atoms in total. The van der Waals surface area contributed by atoms with E-state index in [2.05, 4.69) is 10.1 Å². The quantitative estimate of drug-likeness (QED) is 0.421. The molecule has 2 aromatic carbocycles. The minimum absolute atomic E-state index is 0.0402. The van der Waals surface area contributed by atoms with Crippen LogP contribution in [0.1, 0.15) is 23.2 Å². The molecule has 1 amide bonds. The number of ether oxygens (including phenoxy) is 3. The number of methoxy groups -OCH3 is 2. The molecule has 0 spiro atoms. The zero-order chi connectivity index (χ0) is 24.7. The Balaban J connectivity index is 1.61. The second-order valence-corrected chi connectivity index (χ2v) is 9.55. The summed E-state index contributed by atoms with van der Waals surface area (Å²) in [7, 11) is -1.25. The van der Waals surface area contributed by atoms with Crippen LogP contribution in [0.3, 0.4) is 0 Å². The van der Waals surface area contributed by atoms with Crippen LogP contribution in [-0.4, -0.2) is 65.1 Å². The van der Waals surface area contributed by atoms with Crippen molar-refractivity contribution < 1.29 is 36.6 Å². The third-order valence-corrected chi connectivity index (χ3v) is 7.44. The van der Waals surface area contributed by atoms with Crippen LogP contribution in [0.2, 0.25) is 0 Å². The lowest BCUT2D eigenvalue weighted by Crippen LogP contribution is -2.41. The molecule has 0 aromatic heterocycles. The second kappa shape index (κ2) is 11.4. The lowest BCUT2D eigenvalue weighted by Gasteiger charge is -2.31. The molecule has 1 aliphatic heterocycles. The summed E-state index contributed by atoms with van der Waals surface area (Å²) in [5.74, 6) is -2.06. The molecule has 11 heteroatoms. The van der Waals surface area contributed by atoms with Crippen LogP contribution in [0.5, 0.6) is 5.75 Å². The molecule has 2 aromatic rings. The van der Waals surface area contributed by atoms with Crippen molar-refractivity contribution in [2.75, 3.05) is 45.8 Å². The van der Waals surface area contributed by atoms with Crippen LogP contribution in [-0.2, 0) is 24.3 Å². The number of nitrogens with one attached hydrogen (secondary N) is 1. The first kappa shape index (κ1) is 25.6. The molecule has 3 rings (SSSR count). The van der Waals surface area contributed by atoms with Gasteiger partial charge in [-0.05, 0) is 37.1 Å². The van der Waals surface area contributed by atoms with Crippen molar-refractivity contribution in [3.8, 4) is 5.75 Å². The van der Waals surface area contributed by atoms with Crippen LogP contribution in [0, 0.1) is 11.7 Å². The van der Waals surface area contributed by atoms with Gasteiger partial charge in [-0.2, -0.15) is 4.31 Å². The first-order valence-electron chi connectivity index (χ1n) is 10.7. The Kier molecular flexibility index (Phi) is 8.59. The first-order valence-corrected chi connectivity index (χ1v) is 12.1. The van der Waals surface area contributed by atoms with E-state index >= 15 is 0 Å². The summed E-state index contributed by atoms with van der Waals surface area (Å²) in [6.07, 6.45) is 0.568. The number of carbonyl (C=O) groups excluding carboxylic acids is 2. The summed E-state index contributed by atoms with van der Waals surface area (Å²) >= 11 is 0. The topological polar surface area (TPSA) is 111 Å². The van der Waals surface area contributed by atoms with Gasteiger partial charge in [-0.15, -0.1) is 0 Å². The fraction of sp³-hybridized carbons (Fsp3) is 0.391. The van der Waals surface area contributed by atoms with Gasteiger partial charge >= 0.3 is 5.97 Å². The standard InChI is InChI=1S/C23H27FN2O7S/c1-31-13-14-33-20-8-7-17(15-19(20)24)25-22(27)16-9-11-26(12-10-16)34(29,30)21-6-4-3-5-18(21)23(28)32-2/h3-8,15-16H,9-14H2,1-2H3,(H,25,27). The molecular formula is C23H27FN2O7S. The summed E-state index contributed by atoms with van der Waals surface area (Å²) < 4.78 is 56.5. The van der Waals surface area contributed by atoms with E-state index in [1.807, 2.05) is 0 Å². The van der Waals surface area contributed by atoms with E-state index in [1.165, 1.54) is 54.9 Å². The van der Waals surface area contributed by atoms with Gasteiger partial charge in [-0.1, -0.05) is 12.1 Å². The number of rotatable bonds is 9. The molecule has 0 atom stereocenters. The van der Waals surface area contributed by atoms with E-state index in [0.717, 1.165) is 0 Å². The number of anilines is 1. The number of halogens is 1. The number of carbonyl (C=O) groups is 2. The Morgan fingerprint density at radius 2 is 1.79 bits per heavy atom. The highest BCUT2D eigenvalue weighted by Crippen LogP contribution is 2.28. The van der Waals surface area contributed by atoms with E-state index in [-0.39, 0.29) is 60.3 Å². The van der Waals surface area contributed by atoms with Crippen molar-refractivity contribution in [2.45, 2.75) is 17.7 Å². The van der Waals surface area contributed by atoms with Gasteiger partial charge in [0.1, 0.15) is 6.61 Å². The highest BCUT2D eigenvalue weighted by molar-refractivity contribution is 7.89. The SMILES string of the molecule is COCCOc1ccc(NC(=O)C2CCN(S(=O)(=O)c3ccccc3C(=O)OC)CC2)cc1F. The average molecular weight is 495 g/mol. The summed E-state index contributed by atoms with van der Waals surface area (Å²) in [6.45, 7) is 0.735. The number of hydrogen-bond donors (Lipinski definition) is 1. The highest BCUT2D eigenvalue weighted by Gasteiger charge is 2.34. The van der Waals surface area contributed by atoms with E-state index in [9.17, 15) is 22.4 Å². The summed E-state index contributed by atoms with van der Waals surface area (Å²) in [5, 5.41) is 2.68. The highest BCUT2D eigenvalue weighted by atomic mass is 32.2. The Bertz CT molecular complexity index is 1130. The van der Waals surface area contributed by atoms with Crippen LogP contribution in [0.4, 0.5) is 10.1 Å². The molecule has 0 saturated carbocycles. The molecule has 34 heavy (non-hydrogen) atoms. The molecule has 1 aliphatic rings. The zero-order valence-corrected chi connectivity index (χ0v) is 19.8. The van der Waals surface area contributed by atoms with Gasteiger partial charge in [-0.3, -0.25) is 4.79 Å². The van der Waals surface area contributed by atoms with Crippen LogP contribution in [0.25, 0.3) is 0 Å². The summed E-state index contributed by atoms with van der Waals surface area (Å²) in [5.41, 5.74) is 0.241. The van der Waals surface area contributed by atoms with Crippen LogP contribution in [0.15, 0.2) is 47.4 Å². The van der Waals surface area contributed by atoms with E-state index in [4.69, 9.17) is 9.47 Å². The number of esters is 1. The minimum atomic E-state index is -3.95. The van der Waals surface area contributed by atoms with Crippen LogP contribution >= 0.6 is 0 Å². The lowest BCUT2D eigenvalue weighted by atomic mass is 9.97. The fourth-order valence-electron chi connectivity index (χ4n) is 3.64. The van der Waals surface area contributed by atoms with Crippen molar-refractivity contribution in [1.82, 2.24) is 4.31 Å². The molecule has 0 aliphatic carbocycles. The van der Waals surface area contributed by atoms with Gasteiger partial charge < -0.3 is 19.5 Å². The number of hydrogen-bond acceptors (Lipinski definition) is 7. The maximum Gasteiger partial charge on any atom is 0.339 e. The average Bonchev–Trinajstić information content (AvgIpc) is 2.85. The normalized spacial score (nSPS) is 15.0. The third-order valence-electron chi connectivity index (χ3n) is 5.48. The molecule has 0 unspecified atom stereocenters. The summed E-state index contributed by atoms with van der Waals surface area (Å²) in [6, 6.07) is 9.98. The predicted octanol–water partition coefficient (Wildman–Crippen LogP) is 2.68. The van der Waals surface area contributed by atoms with Gasteiger partial charge in [0.2, 0.25) is 15.9 Å². The Hall–Kier alpha value is -3.02. The molecule has 1 N–H and O–H groups in total. The molecule has 1 fully saturated rings. The van der Waals surface area contributed by atoms with E-state index in [0.29, 0.717) is 6.61 Å². The van der Waals surface area contributed by atoms with Crippen molar-refractivity contribution in [3.63, 3.8) is 0 Å². The second-order valence-electron chi connectivity index (χ2n) is 7.64. The maximum absolute atomic E-state index is 14.2. The summed E-state index contributed by atoms with van der Waals surface area (Å²) in [4.78, 5) is 24.5. The van der Waals surface area contributed by atoms with Crippen LogP contribution < -0.4 is 10.1 Å². The predicted molar refractivity (Wildman–Crippen MR) is 122 cm³/mol. The Labute approximate surface area is 197 Å². The lowest BCUT2D eigenvalue weighted by molar-refractivity contribution is -0.120. The van der Waals surface area contributed by atoms with Gasteiger partial charge in [0.15, 0.2) is 11.6 Å². The smallest absolute Gasteiger partial charge is 0.339 e. The molecule has 1 saturated heterocycles. The zero-order valence-electron chi connectivity index (χ0n) is 19.0. The number of amides is 1. The van der Waals surface area contributed by atoms with Crippen molar-refractivity contribution in [3.05, 3.63) is 53.8 Å². The van der Waals surface area contributed by atoms with Crippen molar-refractivity contribution in [1.29, 1.82) is 0 Å². The van der Waals surface area contributed by atoms with Gasteiger partial charge in [0, 0.05) is 37.9 Å². The van der Waals surface area contributed by atoms with Gasteiger partial charge in [0.05, 0.1) is 24.2 Å². The number of piperidine rings is 1. The molecule has 0 bridgehead atoms. The number of benzene rings is 2. The largest absolute Gasteiger partial charge is 0.488 e. The molecular weight excluding hydrogens is 467 g/mol. The molecule has 184 valence electrons. The van der Waals surface area contributed by atoms with Crippen molar-refractivity contribution in [2.24, 2.45) is 5.92 Å². The van der Waals surface area contributed by atoms with E-state index < -0.39 is 27.7 Å². The van der Waals surface area contributed by atoms with Crippen molar-refractivity contribution >= 4 is 27.6 Å². The fourth-order valence-corrected chi connectivity index (χ4v) is 5.29.